The van der Waals surface area contributed by atoms with Gasteiger partial charge in [-0.3, -0.25) is 4.18 Å². The van der Waals surface area contributed by atoms with Crippen LogP contribution in [0.2, 0.25) is 0 Å². The maximum absolute atomic E-state index is 10.6. The molecular weight excluding hydrogens is 224 g/mol. The Morgan fingerprint density at radius 2 is 1.80 bits per heavy atom. The lowest BCUT2D eigenvalue weighted by atomic mass is 10.2. The van der Waals surface area contributed by atoms with E-state index < -0.39 is 22.5 Å². The highest BCUT2D eigenvalue weighted by Crippen LogP contribution is 2.06. The van der Waals surface area contributed by atoms with Crippen molar-refractivity contribution in [1.29, 1.82) is 0 Å². The first kappa shape index (κ1) is 14.8. The lowest BCUT2D eigenvalue weighted by Gasteiger charge is -2.19. The third kappa shape index (κ3) is 7.69. The maximum Gasteiger partial charge on any atom is 0.264 e. The topological polar surface area (TPSA) is 82.1 Å². The molecule has 0 spiro atoms. The summed E-state index contributed by atoms with van der Waals surface area (Å²) in [6.45, 7) is 0.0516. The van der Waals surface area contributed by atoms with E-state index in [1.165, 1.54) is 14.2 Å². The monoisotopic (exact) mass is 242 g/mol. The van der Waals surface area contributed by atoms with Crippen molar-refractivity contribution in [1.82, 2.24) is 0 Å². The zero-order valence-electron chi connectivity index (χ0n) is 9.17. The number of aliphatic hydroxyl groups is 1. The molecule has 0 rings (SSSR count). The second-order valence-electron chi connectivity index (χ2n) is 3.08. The van der Waals surface area contributed by atoms with Crippen molar-refractivity contribution in [2.24, 2.45) is 0 Å². The van der Waals surface area contributed by atoms with Gasteiger partial charge in [0.05, 0.1) is 12.9 Å². The maximum atomic E-state index is 10.6. The van der Waals surface area contributed by atoms with Crippen molar-refractivity contribution in [3.8, 4) is 0 Å². The van der Waals surface area contributed by atoms with Crippen molar-refractivity contribution >= 4 is 10.1 Å². The number of hydrogen-bond acceptors (Lipinski definition) is 6. The number of methoxy groups -OCH3 is 2. The van der Waals surface area contributed by atoms with Gasteiger partial charge in [-0.25, -0.2) is 0 Å². The summed E-state index contributed by atoms with van der Waals surface area (Å²) in [4.78, 5) is 0. The van der Waals surface area contributed by atoms with Crippen molar-refractivity contribution in [2.75, 3.05) is 27.1 Å². The number of ether oxygens (including phenoxy) is 2. The van der Waals surface area contributed by atoms with Crippen LogP contribution >= 0.6 is 0 Å². The van der Waals surface area contributed by atoms with Gasteiger partial charge in [0.15, 0.2) is 6.29 Å². The van der Waals surface area contributed by atoms with Crippen LogP contribution in [-0.4, -0.2) is 53.0 Å². The molecule has 6 nitrogen and oxygen atoms in total. The third-order valence-corrected chi connectivity index (χ3v) is 2.32. The molecule has 0 radical (unpaired) electrons. The molecule has 7 heteroatoms. The second-order valence-corrected chi connectivity index (χ2v) is 4.72. The molecular formula is C8H18O6S. The molecule has 0 saturated carbocycles. The highest BCUT2D eigenvalue weighted by Gasteiger charge is 2.17. The standard InChI is InChI=1S/C8H18O6S/c1-12-8(13-2)7(9)5-4-6-14-15(3,10)11/h7-9H,4-6H2,1-3H3. The van der Waals surface area contributed by atoms with E-state index in [9.17, 15) is 13.5 Å². The van der Waals surface area contributed by atoms with Gasteiger partial charge in [-0.15, -0.1) is 0 Å². The largest absolute Gasteiger partial charge is 0.388 e. The lowest BCUT2D eigenvalue weighted by molar-refractivity contribution is -0.166. The van der Waals surface area contributed by atoms with Crippen LogP contribution in [0.5, 0.6) is 0 Å². The Labute approximate surface area is 90.3 Å². The highest BCUT2D eigenvalue weighted by molar-refractivity contribution is 7.85. The number of hydrogen-bond donors (Lipinski definition) is 1. The van der Waals surface area contributed by atoms with Gasteiger partial charge in [-0.2, -0.15) is 8.42 Å². The Hall–Kier alpha value is -0.210. The van der Waals surface area contributed by atoms with Gasteiger partial charge in [0, 0.05) is 14.2 Å². The average molecular weight is 242 g/mol. The van der Waals surface area contributed by atoms with Gasteiger partial charge in [-0.1, -0.05) is 0 Å². The minimum absolute atomic E-state index is 0.0516. The van der Waals surface area contributed by atoms with Crippen LogP contribution < -0.4 is 0 Å². The summed E-state index contributed by atoms with van der Waals surface area (Å²) in [5, 5.41) is 9.48. The second kappa shape index (κ2) is 7.13. The molecule has 1 N–H and O–H groups in total. The fourth-order valence-corrected chi connectivity index (χ4v) is 1.47. The highest BCUT2D eigenvalue weighted by atomic mass is 32.2. The SMILES string of the molecule is COC(OC)C(O)CCCOS(C)(=O)=O. The third-order valence-electron chi connectivity index (χ3n) is 1.72. The summed E-state index contributed by atoms with van der Waals surface area (Å²) < 4.78 is 35.3. The van der Waals surface area contributed by atoms with Crippen LogP contribution in [0.1, 0.15) is 12.8 Å². The van der Waals surface area contributed by atoms with E-state index in [1.807, 2.05) is 0 Å². The molecule has 0 heterocycles. The first-order valence-corrected chi connectivity index (χ1v) is 6.30. The Morgan fingerprint density at radius 1 is 1.27 bits per heavy atom. The lowest BCUT2D eigenvalue weighted by Crippen LogP contribution is -2.29. The minimum Gasteiger partial charge on any atom is -0.388 e. The van der Waals surface area contributed by atoms with Crippen molar-refractivity contribution in [3.63, 3.8) is 0 Å². The number of rotatable bonds is 8. The zero-order valence-corrected chi connectivity index (χ0v) is 9.99. The molecule has 0 aliphatic rings. The Kier molecular flexibility index (Phi) is 7.03. The van der Waals surface area contributed by atoms with Crippen LogP contribution in [0.3, 0.4) is 0 Å². The molecule has 0 amide bonds. The van der Waals surface area contributed by atoms with E-state index in [-0.39, 0.29) is 6.61 Å². The van der Waals surface area contributed by atoms with Gasteiger partial charge in [0.1, 0.15) is 6.10 Å². The summed E-state index contributed by atoms with van der Waals surface area (Å²) in [6.07, 6.45) is 0.266. The Bertz CT molecular complexity index is 246. The predicted octanol–water partition coefficient (Wildman–Crippen LogP) is -0.277. The van der Waals surface area contributed by atoms with E-state index in [0.29, 0.717) is 12.8 Å². The summed E-state index contributed by atoms with van der Waals surface area (Å²) >= 11 is 0. The molecule has 92 valence electrons. The van der Waals surface area contributed by atoms with Gasteiger partial charge < -0.3 is 14.6 Å². The summed E-state index contributed by atoms with van der Waals surface area (Å²) in [6, 6.07) is 0. The molecule has 1 unspecified atom stereocenters. The van der Waals surface area contributed by atoms with Crippen molar-refractivity contribution in [3.05, 3.63) is 0 Å². The summed E-state index contributed by atoms with van der Waals surface area (Å²) in [5.41, 5.74) is 0. The van der Waals surface area contributed by atoms with Crippen molar-refractivity contribution < 1.29 is 27.2 Å². The Balaban J connectivity index is 3.67. The molecule has 0 aromatic rings. The van der Waals surface area contributed by atoms with E-state index in [0.717, 1.165) is 6.26 Å². The normalized spacial score (nSPS) is 14.5. The molecule has 15 heavy (non-hydrogen) atoms. The first-order chi connectivity index (χ1) is 6.90. The quantitative estimate of drug-likeness (QED) is 0.358. The predicted molar refractivity (Wildman–Crippen MR) is 53.8 cm³/mol. The summed E-state index contributed by atoms with van der Waals surface area (Å²) in [7, 11) is -0.556. The fourth-order valence-electron chi connectivity index (χ4n) is 1.05. The van der Waals surface area contributed by atoms with Gasteiger partial charge >= 0.3 is 0 Å². The van der Waals surface area contributed by atoms with Crippen LogP contribution in [0.25, 0.3) is 0 Å². The smallest absolute Gasteiger partial charge is 0.264 e. The van der Waals surface area contributed by atoms with Gasteiger partial charge in [0.25, 0.3) is 10.1 Å². The minimum atomic E-state index is -3.40. The van der Waals surface area contributed by atoms with Crippen LogP contribution in [0.15, 0.2) is 0 Å². The fraction of sp³-hybridized carbons (Fsp3) is 1.00. The van der Waals surface area contributed by atoms with Crippen LogP contribution in [-0.2, 0) is 23.8 Å². The zero-order chi connectivity index (χ0) is 11.9. The van der Waals surface area contributed by atoms with E-state index in [1.54, 1.807) is 0 Å². The molecule has 0 bridgehead atoms. The van der Waals surface area contributed by atoms with E-state index in [2.05, 4.69) is 4.18 Å². The first-order valence-electron chi connectivity index (χ1n) is 4.48. The molecule has 0 aliphatic carbocycles. The van der Waals surface area contributed by atoms with Gasteiger partial charge in [-0.05, 0) is 12.8 Å². The molecule has 0 aliphatic heterocycles. The Morgan fingerprint density at radius 3 is 2.20 bits per heavy atom. The van der Waals surface area contributed by atoms with Crippen LogP contribution in [0.4, 0.5) is 0 Å². The average Bonchev–Trinajstić information content (AvgIpc) is 2.13. The molecule has 0 saturated heterocycles. The summed E-state index contributed by atoms with van der Waals surface area (Å²) in [5.74, 6) is 0. The molecule has 0 fully saturated rings. The van der Waals surface area contributed by atoms with Gasteiger partial charge in [0.2, 0.25) is 0 Å². The molecule has 0 aromatic carbocycles. The van der Waals surface area contributed by atoms with E-state index in [4.69, 9.17) is 9.47 Å². The van der Waals surface area contributed by atoms with E-state index >= 15 is 0 Å². The molecule has 1 atom stereocenters. The van der Waals surface area contributed by atoms with Crippen LogP contribution in [0, 0.1) is 0 Å². The number of aliphatic hydroxyl groups excluding tert-OH is 1. The molecule has 0 aromatic heterocycles. The van der Waals surface area contributed by atoms with Crippen molar-refractivity contribution in [2.45, 2.75) is 25.2 Å².